The van der Waals surface area contributed by atoms with E-state index in [9.17, 15) is 0 Å². The smallest absolute Gasteiger partial charge is 0.0122 e. The molecule has 0 amide bonds. The second kappa shape index (κ2) is 8.61. The van der Waals surface area contributed by atoms with E-state index >= 15 is 0 Å². The van der Waals surface area contributed by atoms with Gasteiger partial charge >= 0.3 is 0 Å². The van der Waals surface area contributed by atoms with Crippen LogP contribution in [-0.2, 0) is 0 Å². The normalized spacial score (nSPS) is 14.2. The first kappa shape index (κ1) is 15.5. The second-order valence-electron chi connectivity index (χ2n) is 5.67. The number of rotatable bonds is 9. The van der Waals surface area contributed by atoms with Gasteiger partial charge in [-0.25, -0.2) is 0 Å². The van der Waals surface area contributed by atoms with Gasteiger partial charge in [-0.05, 0) is 18.3 Å². The minimum atomic E-state index is 0.522. The molecule has 0 aromatic heterocycles. The Labute approximate surface area is 105 Å². The predicted octanol–water partition coefficient (Wildman–Crippen LogP) is 5.94. The monoisotopic (exact) mass is 276 g/mol. The van der Waals surface area contributed by atoms with Crippen molar-refractivity contribution in [3.63, 3.8) is 0 Å². The third kappa shape index (κ3) is 10.8. The quantitative estimate of drug-likeness (QED) is 0.361. The lowest BCUT2D eigenvalue weighted by Gasteiger charge is -2.26. The molecule has 92 valence electrons. The number of alkyl halides is 1. The Bertz CT molecular complexity index is 138. The van der Waals surface area contributed by atoms with E-state index in [2.05, 4.69) is 43.6 Å². The zero-order chi connectivity index (χ0) is 11.7. The Morgan fingerprint density at radius 3 is 2.07 bits per heavy atom. The molecule has 0 radical (unpaired) electrons. The molecule has 0 spiro atoms. The summed E-state index contributed by atoms with van der Waals surface area (Å²) in [4.78, 5) is 0.660. The maximum Gasteiger partial charge on any atom is 0.0122 e. The van der Waals surface area contributed by atoms with Gasteiger partial charge in [-0.1, -0.05) is 82.1 Å². The van der Waals surface area contributed by atoms with Crippen molar-refractivity contribution in [1.29, 1.82) is 0 Å². The van der Waals surface area contributed by atoms with E-state index in [0.29, 0.717) is 10.2 Å². The van der Waals surface area contributed by atoms with Crippen LogP contribution in [0.2, 0.25) is 0 Å². The van der Waals surface area contributed by atoms with Crippen LogP contribution in [-0.4, -0.2) is 4.83 Å². The van der Waals surface area contributed by atoms with Gasteiger partial charge in [0.05, 0.1) is 0 Å². The van der Waals surface area contributed by atoms with Crippen LogP contribution in [0.1, 0.15) is 79.1 Å². The molecule has 0 saturated heterocycles. The number of hydrogen-bond acceptors (Lipinski definition) is 0. The largest absolute Gasteiger partial charge is 0.0893 e. The molecular weight excluding hydrogens is 248 g/mol. The van der Waals surface area contributed by atoms with E-state index in [1.807, 2.05) is 0 Å². The Morgan fingerprint density at radius 2 is 1.53 bits per heavy atom. The molecule has 0 N–H and O–H groups in total. The fourth-order valence-electron chi connectivity index (χ4n) is 2.25. The zero-order valence-corrected chi connectivity index (χ0v) is 12.7. The van der Waals surface area contributed by atoms with Gasteiger partial charge in [-0.3, -0.25) is 0 Å². The molecule has 0 aliphatic carbocycles. The number of halogens is 1. The first-order chi connectivity index (χ1) is 6.98. The molecule has 0 rings (SSSR count). The van der Waals surface area contributed by atoms with Crippen LogP contribution in [0.4, 0.5) is 0 Å². The van der Waals surface area contributed by atoms with E-state index < -0.39 is 0 Å². The Kier molecular flexibility index (Phi) is 8.89. The van der Waals surface area contributed by atoms with Gasteiger partial charge in [-0.2, -0.15) is 0 Å². The molecular formula is C14H29Br. The Balaban J connectivity index is 3.40. The van der Waals surface area contributed by atoms with E-state index in [1.165, 1.54) is 51.4 Å². The van der Waals surface area contributed by atoms with E-state index in [1.54, 1.807) is 0 Å². The molecule has 15 heavy (non-hydrogen) atoms. The van der Waals surface area contributed by atoms with Gasteiger partial charge in [0.25, 0.3) is 0 Å². The molecule has 0 fully saturated rings. The molecule has 1 atom stereocenters. The summed E-state index contributed by atoms with van der Waals surface area (Å²) in [6.07, 6.45) is 11.2. The van der Waals surface area contributed by atoms with Crippen LogP contribution in [0.25, 0.3) is 0 Å². The minimum Gasteiger partial charge on any atom is -0.0893 e. The van der Waals surface area contributed by atoms with Crippen LogP contribution >= 0.6 is 15.9 Å². The highest BCUT2D eigenvalue weighted by molar-refractivity contribution is 9.09. The summed E-state index contributed by atoms with van der Waals surface area (Å²) in [6.45, 7) is 9.33. The average molecular weight is 277 g/mol. The van der Waals surface area contributed by atoms with Crippen molar-refractivity contribution in [3.05, 3.63) is 0 Å². The van der Waals surface area contributed by atoms with Crippen molar-refractivity contribution in [2.45, 2.75) is 83.9 Å². The zero-order valence-electron chi connectivity index (χ0n) is 11.1. The predicted molar refractivity (Wildman–Crippen MR) is 74.8 cm³/mol. The van der Waals surface area contributed by atoms with Crippen LogP contribution in [0.5, 0.6) is 0 Å². The van der Waals surface area contributed by atoms with Gasteiger partial charge in [0.2, 0.25) is 0 Å². The second-order valence-corrected chi connectivity index (χ2v) is 7.23. The summed E-state index contributed by atoms with van der Waals surface area (Å²) in [5.74, 6) is 0. The van der Waals surface area contributed by atoms with Crippen molar-refractivity contribution in [3.8, 4) is 0 Å². The van der Waals surface area contributed by atoms with E-state index in [4.69, 9.17) is 0 Å². The molecule has 0 nitrogen and oxygen atoms in total. The molecule has 1 unspecified atom stereocenters. The maximum atomic E-state index is 3.65. The summed E-state index contributed by atoms with van der Waals surface area (Å²) in [7, 11) is 0. The van der Waals surface area contributed by atoms with Gasteiger partial charge in [0.15, 0.2) is 0 Å². The first-order valence-corrected chi connectivity index (χ1v) is 7.53. The lowest BCUT2D eigenvalue weighted by atomic mass is 9.82. The van der Waals surface area contributed by atoms with Gasteiger partial charge < -0.3 is 0 Å². The molecule has 0 bridgehead atoms. The highest BCUT2D eigenvalue weighted by Crippen LogP contribution is 2.31. The highest BCUT2D eigenvalue weighted by Gasteiger charge is 2.19. The summed E-state index contributed by atoms with van der Waals surface area (Å²) < 4.78 is 0. The van der Waals surface area contributed by atoms with Crippen LogP contribution in [0.3, 0.4) is 0 Å². The third-order valence-electron chi connectivity index (χ3n) is 3.04. The van der Waals surface area contributed by atoms with Crippen molar-refractivity contribution in [2.75, 3.05) is 0 Å². The lowest BCUT2D eigenvalue weighted by molar-refractivity contribution is 0.296. The topological polar surface area (TPSA) is 0 Å². The molecule has 0 aliphatic heterocycles. The number of hydrogen-bond donors (Lipinski definition) is 0. The minimum absolute atomic E-state index is 0.522. The molecule has 0 aromatic rings. The lowest BCUT2D eigenvalue weighted by Crippen LogP contribution is -2.15. The van der Waals surface area contributed by atoms with Gasteiger partial charge in [0.1, 0.15) is 0 Å². The van der Waals surface area contributed by atoms with Crippen molar-refractivity contribution < 1.29 is 0 Å². The van der Waals surface area contributed by atoms with Crippen molar-refractivity contribution in [1.82, 2.24) is 0 Å². The summed E-state index contributed by atoms with van der Waals surface area (Å²) >= 11 is 3.65. The Hall–Kier alpha value is 0.480. The summed E-state index contributed by atoms with van der Waals surface area (Å²) in [5, 5.41) is 0. The fourth-order valence-corrected chi connectivity index (χ4v) is 3.12. The Morgan fingerprint density at radius 1 is 1.00 bits per heavy atom. The standard InChI is InChI=1S/C14H29Br/c1-5-6-7-8-9-10-11-14(3,4)12-13(2)15/h13H,5-12H2,1-4H3. The summed E-state index contributed by atoms with van der Waals surface area (Å²) in [5.41, 5.74) is 0.522. The van der Waals surface area contributed by atoms with Crippen molar-refractivity contribution in [2.24, 2.45) is 5.41 Å². The first-order valence-electron chi connectivity index (χ1n) is 6.62. The van der Waals surface area contributed by atoms with Crippen molar-refractivity contribution >= 4 is 15.9 Å². The summed E-state index contributed by atoms with van der Waals surface area (Å²) in [6, 6.07) is 0. The van der Waals surface area contributed by atoms with Crippen LogP contribution in [0.15, 0.2) is 0 Å². The van der Waals surface area contributed by atoms with E-state index in [0.717, 1.165) is 0 Å². The van der Waals surface area contributed by atoms with E-state index in [-0.39, 0.29) is 0 Å². The molecule has 0 aromatic carbocycles. The van der Waals surface area contributed by atoms with Crippen LogP contribution in [0, 0.1) is 5.41 Å². The highest BCUT2D eigenvalue weighted by atomic mass is 79.9. The average Bonchev–Trinajstić information content (AvgIpc) is 2.08. The van der Waals surface area contributed by atoms with Gasteiger partial charge in [-0.15, -0.1) is 0 Å². The maximum absolute atomic E-state index is 3.65. The third-order valence-corrected chi connectivity index (χ3v) is 3.36. The van der Waals surface area contributed by atoms with Gasteiger partial charge in [0, 0.05) is 4.83 Å². The fraction of sp³-hybridized carbons (Fsp3) is 1.00. The molecule has 0 aliphatic rings. The molecule has 0 heterocycles. The van der Waals surface area contributed by atoms with Crippen LogP contribution < -0.4 is 0 Å². The SMILES string of the molecule is CCCCCCCCC(C)(C)CC(C)Br. The number of unbranched alkanes of at least 4 members (excludes halogenated alkanes) is 5. The molecule has 1 heteroatoms. The molecule has 0 saturated carbocycles.